The van der Waals surface area contributed by atoms with Gasteiger partial charge in [0.1, 0.15) is 0 Å². The molecule has 1 N–H and O–H groups in total. The topological polar surface area (TPSA) is 65.0 Å². The molecule has 3 aromatic rings. The van der Waals surface area contributed by atoms with Gasteiger partial charge in [-0.05, 0) is 39.4 Å². The van der Waals surface area contributed by atoms with Crippen molar-refractivity contribution in [2.45, 2.75) is 52.4 Å². The number of rotatable bonds is 1. The molecule has 0 fully saturated rings. The van der Waals surface area contributed by atoms with Crippen LogP contribution in [0.2, 0.25) is 0 Å². The molecular formula is C20H25N3O2. The van der Waals surface area contributed by atoms with Gasteiger partial charge in [-0.15, -0.1) is 4.85 Å². The van der Waals surface area contributed by atoms with Gasteiger partial charge in [-0.2, -0.15) is 0 Å². The number of phenols is 1. The third-order valence-corrected chi connectivity index (χ3v) is 4.44. The molecule has 3 rings (SSSR count). The lowest BCUT2D eigenvalue weighted by atomic mass is 9.80. The van der Waals surface area contributed by atoms with Gasteiger partial charge in [-0.1, -0.05) is 59.7 Å². The highest BCUT2D eigenvalue weighted by Gasteiger charge is 2.28. The first-order valence-electron chi connectivity index (χ1n) is 8.46. The number of aromatic nitrogens is 3. The van der Waals surface area contributed by atoms with Crippen molar-refractivity contribution < 1.29 is 9.95 Å². The van der Waals surface area contributed by atoms with Crippen molar-refractivity contribution in [3.05, 3.63) is 52.7 Å². The molecule has 0 aliphatic heterocycles. The molecule has 0 atom stereocenters. The van der Waals surface area contributed by atoms with E-state index in [4.69, 9.17) is 0 Å². The van der Waals surface area contributed by atoms with Gasteiger partial charge in [-0.3, -0.25) is 0 Å². The summed E-state index contributed by atoms with van der Waals surface area (Å²) in [7, 11) is 0. The number of aromatic hydroxyl groups is 1. The summed E-state index contributed by atoms with van der Waals surface area (Å²) in [4.78, 5) is 1.97. The highest BCUT2D eigenvalue weighted by Crippen LogP contribution is 2.38. The highest BCUT2D eigenvalue weighted by molar-refractivity contribution is 5.70. The largest absolute Gasteiger partial charge is 0.692 e. The molecule has 0 aliphatic rings. The van der Waals surface area contributed by atoms with Crippen molar-refractivity contribution in [2.24, 2.45) is 0 Å². The van der Waals surface area contributed by atoms with Crippen LogP contribution in [0.4, 0.5) is 0 Å². The van der Waals surface area contributed by atoms with Crippen molar-refractivity contribution >= 4 is 11.0 Å². The van der Waals surface area contributed by atoms with Gasteiger partial charge in [0, 0.05) is 5.56 Å². The molecule has 25 heavy (non-hydrogen) atoms. The number of phenolic OH excluding ortho intramolecular Hbond substituents is 1. The molecule has 5 heteroatoms. The third kappa shape index (κ3) is 2.95. The molecule has 1 aromatic heterocycles. The second-order valence-corrected chi connectivity index (χ2v) is 8.54. The van der Waals surface area contributed by atoms with E-state index in [9.17, 15) is 10.3 Å². The van der Waals surface area contributed by atoms with Gasteiger partial charge in [0.25, 0.3) is 0 Å². The van der Waals surface area contributed by atoms with E-state index < -0.39 is 0 Å². The molecule has 132 valence electrons. The maximum atomic E-state index is 12.7. The van der Waals surface area contributed by atoms with E-state index in [2.05, 4.69) is 25.9 Å². The van der Waals surface area contributed by atoms with E-state index in [-0.39, 0.29) is 16.6 Å². The number of hydrogen-bond donors (Lipinski definition) is 1. The Morgan fingerprint density at radius 3 is 2.20 bits per heavy atom. The Morgan fingerprint density at radius 1 is 1.00 bits per heavy atom. The summed E-state index contributed by atoms with van der Waals surface area (Å²) in [5.74, 6) is 0.0953. The van der Waals surface area contributed by atoms with Crippen molar-refractivity contribution in [2.75, 3.05) is 0 Å². The zero-order valence-electron chi connectivity index (χ0n) is 15.7. The van der Waals surface area contributed by atoms with Crippen molar-refractivity contribution in [1.82, 2.24) is 9.90 Å². The predicted octanol–water partition coefficient (Wildman–Crippen LogP) is 3.96. The molecule has 1 heterocycles. The van der Waals surface area contributed by atoms with E-state index in [1.165, 1.54) is 4.80 Å². The van der Waals surface area contributed by atoms with E-state index >= 15 is 0 Å². The standard InChI is InChI=1S/C20H25N3O2/c1-19(2,3)13-11-14(20(4,5)6)18(24)17(12-13)22-21-15-9-7-8-10-16(15)23(22)25/h7-12,24H,1-6H3. The van der Waals surface area contributed by atoms with Gasteiger partial charge in [0.05, 0.1) is 5.10 Å². The molecule has 0 radical (unpaired) electrons. The maximum absolute atomic E-state index is 12.7. The SMILES string of the molecule is CC(C)(C)c1cc(-n2nc3ccccc3[n+]2[O-])c(O)c(C(C)(C)C)c1. The van der Waals surface area contributed by atoms with Crippen LogP contribution in [0.5, 0.6) is 5.75 Å². The molecule has 0 bridgehead atoms. The fourth-order valence-electron chi connectivity index (χ4n) is 2.88. The van der Waals surface area contributed by atoms with E-state index in [1.54, 1.807) is 18.2 Å². The number of benzene rings is 2. The predicted molar refractivity (Wildman–Crippen MR) is 99.1 cm³/mol. The average molecular weight is 339 g/mol. The lowest BCUT2D eigenvalue weighted by Crippen LogP contribution is -2.37. The minimum Gasteiger partial charge on any atom is -0.692 e. The zero-order valence-corrected chi connectivity index (χ0v) is 15.7. The Kier molecular flexibility index (Phi) is 3.78. The zero-order chi connectivity index (χ0) is 18.6. The monoisotopic (exact) mass is 339 g/mol. The maximum Gasteiger partial charge on any atom is 0.250 e. The van der Waals surface area contributed by atoms with Crippen LogP contribution < -0.4 is 4.85 Å². The second-order valence-electron chi connectivity index (χ2n) is 8.54. The smallest absolute Gasteiger partial charge is 0.250 e. The van der Waals surface area contributed by atoms with Crippen LogP contribution >= 0.6 is 0 Å². The lowest BCUT2D eigenvalue weighted by Gasteiger charge is -2.26. The first-order valence-corrected chi connectivity index (χ1v) is 8.46. The van der Waals surface area contributed by atoms with Crippen LogP contribution in [-0.4, -0.2) is 15.0 Å². The number of fused-ring (bicyclic) bond motifs is 1. The Hall–Kier alpha value is -2.56. The van der Waals surface area contributed by atoms with Crippen molar-refractivity contribution in [3.63, 3.8) is 0 Å². The molecular weight excluding hydrogens is 314 g/mol. The first-order chi connectivity index (χ1) is 11.5. The fraction of sp³-hybridized carbons (Fsp3) is 0.400. The molecule has 0 saturated heterocycles. The Balaban J connectivity index is 2.36. The van der Waals surface area contributed by atoms with Crippen LogP contribution in [0.1, 0.15) is 52.7 Å². The summed E-state index contributed by atoms with van der Waals surface area (Å²) in [6, 6.07) is 11.0. The van der Waals surface area contributed by atoms with Crippen LogP contribution in [0.15, 0.2) is 36.4 Å². The minimum atomic E-state index is -0.264. The first kappa shape index (κ1) is 17.3. The summed E-state index contributed by atoms with van der Waals surface area (Å²) < 4.78 is 0. The summed E-state index contributed by atoms with van der Waals surface area (Å²) in [5.41, 5.74) is 2.93. The normalized spacial score (nSPS) is 12.7. The lowest BCUT2D eigenvalue weighted by molar-refractivity contribution is -0.664. The third-order valence-electron chi connectivity index (χ3n) is 4.44. The summed E-state index contributed by atoms with van der Waals surface area (Å²) in [6.45, 7) is 12.5. The van der Waals surface area contributed by atoms with E-state index in [0.717, 1.165) is 16.0 Å². The molecule has 0 unspecified atom stereocenters. The van der Waals surface area contributed by atoms with Crippen molar-refractivity contribution in [3.8, 4) is 11.4 Å². The Labute approximate surface area is 148 Å². The molecule has 0 saturated carbocycles. The van der Waals surface area contributed by atoms with Gasteiger partial charge in [-0.25, -0.2) is 0 Å². The van der Waals surface area contributed by atoms with Gasteiger partial charge >= 0.3 is 0 Å². The van der Waals surface area contributed by atoms with E-state index in [0.29, 0.717) is 16.7 Å². The Morgan fingerprint density at radius 2 is 1.64 bits per heavy atom. The molecule has 2 aromatic carbocycles. The van der Waals surface area contributed by atoms with Crippen LogP contribution in [0, 0.1) is 5.21 Å². The molecule has 0 aliphatic carbocycles. The average Bonchev–Trinajstić information content (AvgIpc) is 2.82. The van der Waals surface area contributed by atoms with Gasteiger partial charge < -0.3 is 10.3 Å². The van der Waals surface area contributed by atoms with Crippen molar-refractivity contribution in [1.29, 1.82) is 0 Å². The fourth-order valence-corrected chi connectivity index (χ4v) is 2.88. The summed E-state index contributed by atoms with van der Waals surface area (Å²) in [6.07, 6.45) is 0. The second kappa shape index (κ2) is 5.48. The minimum absolute atomic E-state index is 0.0953. The van der Waals surface area contributed by atoms with Crippen LogP contribution in [0.3, 0.4) is 0 Å². The summed E-state index contributed by atoms with van der Waals surface area (Å²) >= 11 is 0. The molecule has 0 spiro atoms. The quantitative estimate of drug-likeness (QED) is 0.539. The Bertz CT molecular complexity index is 944. The van der Waals surface area contributed by atoms with Crippen LogP contribution in [0.25, 0.3) is 16.7 Å². The van der Waals surface area contributed by atoms with Gasteiger partial charge in [0.2, 0.25) is 11.0 Å². The number of para-hydroxylation sites is 1. The number of hydrogen-bond acceptors (Lipinski definition) is 3. The number of nitrogens with zero attached hydrogens (tertiary/aromatic N) is 3. The van der Waals surface area contributed by atoms with Gasteiger partial charge in [0.15, 0.2) is 11.4 Å². The summed E-state index contributed by atoms with van der Waals surface area (Å²) in [5, 5.41) is 28.0. The molecule has 0 amide bonds. The molecule has 5 nitrogen and oxygen atoms in total. The highest BCUT2D eigenvalue weighted by atomic mass is 16.5. The van der Waals surface area contributed by atoms with Crippen LogP contribution in [-0.2, 0) is 10.8 Å². The van der Waals surface area contributed by atoms with E-state index in [1.807, 2.05) is 39.0 Å².